The fourth-order valence-electron chi connectivity index (χ4n) is 3.29. The Morgan fingerprint density at radius 1 is 1.27 bits per heavy atom. The Morgan fingerprint density at radius 2 is 2.00 bits per heavy atom. The zero-order valence-corrected chi connectivity index (χ0v) is 16.1. The zero-order chi connectivity index (χ0) is 17.9. The molecule has 2 aliphatic heterocycles. The number of halogens is 2. The van der Waals surface area contributed by atoms with Gasteiger partial charge in [-0.2, -0.15) is 0 Å². The SMILES string of the molecule is Cl.O=C(c1cccc(S(=O)(=O)NC[C@@H]2C[C@H](F)CN2)c1)N1CCCCC1. The molecule has 146 valence electrons. The van der Waals surface area contributed by atoms with Gasteiger partial charge in [-0.15, -0.1) is 12.4 Å². The summed E-state index contributed by atoms with van der Waals surface area (Å²) in [7, 11) is -3.74. The van der Waals surface area contributed by atoms with Crippen LogP contribution in [0.25, 0.3) is 0 Å². The zero-order valence-electron chi connectivity index (χ0n) is 14.5. The van der Waals surface area contributed by atoms with Crippen LogP contribution in [0, 0.1) is 0 Å². The van der Waals surface area contributed by atoms with Crippen molar-refractivity contribution in [2.75, 3.05) is 26.2 Å². The van der Waals surface area contributed by atoms with Crippen LogP contribution in [0.2, 0.25) is 0 Å². The molecule has 0 aliphatic carbocycles. The third-order valence-electron chi connectivity index (χ3n) is 4.72. The van der Waals surface area contributed by atoms with E-state index in [0.29, 0.717) is 25.1 Å². The molecule has 2 fully saturated rings. The summed E-state index contributed by atoms with van der Waals surface area (Å²) in [6.45, 7) is 1.82. The molecule has 0 unspecified atom stereocenters. The number of amides is 1. The lowest BCUT2D eigenvalue weighted by atomic mass is 10.1. The second kappa shape index (κ2) is 9.12. The quantitative estimate of drug-likeness (QED) is 0.781. The molecule has 1 aromatic rings. The number of sulfonamides is 1. The Balaban J connectivity index is 0.00000243. The van der Waals surface area contributed by atoms with Crippen molar-refractivity contribution in [3.63, 3.8) is 0 Å². The van der Waals surface area contributed by atoms with Crippen molar-refractivity contribution in [1.82, 2.24) is 14.9 Å². The van der Waals surface area contributed by atoms with Crippen molar-refractivity contribution in [2.45, 2.75) is 42.8 Å². The van der Waals surface area contributed by atoms with Crippen LogP contribution in [-0.2, 0) is 10.0 Å². The molecule has 0 radical (unpaired) electrons. The number of carbonyl (C=O) groups is 1. The highest BCUT2D eigenvalue weighted by atomic mass is 35.5. The van der Waals surface area contributed by atoms with E-state index in [-0.39, 0.29) is 42.3 Å². The number of carbonyl (C=O) groups excluding carboxylic acids is 1. The lowest BCUT2D eigenvalue weighted by Crippen LogP contribution is -2.37. The molecule has 1 amide bonds. The van der Waals surface area contributed by atoms with E-state index in [2.05, 4.69) is 10.0 Å². The molecule has 6 nitrogen and oxygen atoms in total. The lowest BCUT2D eigenvalue weighted by molar-refractivity contribution is 0.0724. The molecule has 0 bridgehead atoms. The number of hydrogen-bond acceptors (Lipinski definition) is 4. The number of likely N-dealkylation sites (tertiary alicyclic amines) is 1. The maximum Gasteiger partial charge on any atom is 0.253 e. The summed E-state index contributed by atoms with van der Waals surface area (Å²) in [5.41, 5.74) is 0.382. The van der Waals surface area contributed by atoms with Crippen molar-refractivity contribution in [1.29, 1.82) is 0 Å². The smallest absolute Gasteiger partial charge is 0.253 e. The van der Waals surface area contributed by atoms with Crippen LogP contribution in [0.3, 0.4) is 0 Å². The van der Waals surface area contributed by atoms with Crippen LogP contribution < -0.4 is 10.0 Å². The molecule has 2 heterocycles. The lowest BCUT2D eigenvalue weighted by Gasteiger charge is -2.26. The molecule has 1 aromatic carbocycles. The van der Waals surface area contributed by atoms with Gasteiger partial charge < -0.3 is 10.2 Å². The van der Waals surface area contributed by atoms with Gasteiger partial charge in [-0.25, -0.2) is 17.5 Å². The summed E-state index contributed by atoms with van der Waals surface area (Å²) >= 11 is 0. The molecule has 26 heavy (non-hydrogen) atoms. The van der Waals surface area contributed by atoms with Crippen LogP contribution in [0.4, 0.5) is 4.39 Å². The Morgan fingerprint density at radius 3 is 2.65 bits per heavy atom. The van der Waals surface area contributed by atoms with Crippen LogP contribution in [0.1, 0.15) is 36.0 Å². The van der Waals surface area contributed by atoms with Crippen molar-refractivity contribution in [3.05, 3.63) is 29.8 Å². The summed E-state index contributed by atoms with van der Waals surface area (Å²) in [6.07, 6.45) is 2.46. The normalized spacial score (nSPS) is 23.5. The maximum atomic E-state index is 13.2. The topological polar surface area (TPSA) is 78.5 Å². The first-order valence-corrected chi connectivity index (χ1v) is 10.2. The number of piperidine rings is 1. The van der Waals surface area contributed by atoms with Gasteiger partial charge in [-0.1, -0.05) is 6.07 Å². The highest BCUT2D eigenvalue weighted by molar-refractivity contribution is 7.89. The molecule has 9 heteroatoms. The third-order valence-corrected chi connectivity index (χ3v) is 6.14. The molecule has 0 saturated carbocycles. The van der Waals surface area contributed by atoms with E-state index in [9.17, 15) is 17.6 Å². The van der Waals surface area contributed by atoms with Gasteiger partial charge in [0.15, 0.2) is 0 Å². The molecule has 0 aromatic heterocycles. The third kappa shape index (κ3) is 5.16. The highest BCUT2D eigenvalue weighted by Crippen LogP contribution is 2.17. The number of benzene rings is 1. The van der Waals surface area contributed by atoms with Gasteiger partial charge in [0, 0.05) is 37.8 Å². The predicted molar refractivity (Wildman–Crippen MR) is 99.9 cm³/mol. The fraction of sp³-hybridized carbons (Fsp3) is 0.588. The average Bonchev–Trinajstić information content (AvgIpc) is 3.06. The second-order valence-electron chi connectivity index (χ2n) is 6.67. The number of hydrogen-bond donors (Lipinski definition) is 2. The van der Waals surface area contributed by atoms with Gasteiger partial charge >= 0.3 is 0 Å². The molecular formula is C17H25ClFN3O3S. The summed E-state index contributed by atoms with van der Waals surface area (Å²) in [4.78, 5) is 14.4. The first-order valence-electron chi connectivity index (χ1n) is 8.72. The predicted octanol–water partition coefficient (Wildman–Crippen LogP) is 1.71. The minimum Gasteiger partial charge on any atom is -0.339 e. The van der Waals surface area contributed by atoms with E-state index in [1.807, 2.05) is 0 Å². The van der Waals surface area contributed by atoms with Crippen LogP contribution in [0.15, 0.2) is 29.2 Å². The molecule has 2 atom stereocenters. The van der Waals surface area contributed by atoms with Gasteiger partial charge in [0.25, 0.3) is 5.91 Å². The largest absolute Gasteiger partial charge is 0.339 e. The van der Waals surface area contributed by atoms with Crippen LogP contribution in [0.5, 0.6) is 0 Å². The van der Waals surface area contributed by atoms with E-state index < -0.39 is 16.2 Å². The van der Waals surface area contributed by atoms with Crippen molar-refractivity contribution < 1.29 is 17.6 Å². The summed E-state index contributed by atoms with van der Waals surface area (Å²) in [6, 6.07) is 5.90. The number of nitrogens with zero attached hydrogens (tertiary/aromatic N) is 1. The standard InChI is InChI=1S/C17H24FN3O3S.ClH/c18-14-10-15(19-11-14)12-20-25(23,24)16-6-4-5-13(9-16)17(22)21-7-2-1-3-8-21;/h4-6,9,14-15,19-20H,1-3,7-8,10-12H2;1H/t14-,15-;/m0./s1. The molecule has 0 spiro atoms. The summed E-state index contributed by atoms with van der Waals surface area (Å²) in [5, 5.41) is 2.94. The monoisotopic (exact) mass is 405 g/mol. The first kappa shape index (κ1) is 21.1. The summed E-state index contributed by atoms with van der Waals surface area (Å²) in [5.74, 6) is -0.130. The van der Waals surface area contributed by atoms with E-state index in [4.69, 9.17) is 0 Å². The van der Waals surface area contributed by atoms with Crippen molar-refractivity contribution >= 4 is 28.3 Å². The minimum atomic E-state index is -3.74. The van der Waals surface area contributed by atoms with E-state index in [1.54, 1.807) is 17.0 Å². The Bertz CT molecular complexity index is 726. The number of rotatable bonds is 5. The van der Waals surface area contributed by atoms with Crippen LogP contribution in [-0.4, -0.2) is 57.6 Å². The number of nitrogens with one attached hydrogen (secondary N) is 2. The van der Waals surface area contributed by atoms with Gasteiger partial charge in [0.1, 0.15) is 6.17 Å². The Labute approximate surface area is 160 Å². The van der Waals surface area contributed by atoms with Gasteiger partial charge in [-0.05, 0) is 43.9 Å². The van der Waals surface area contributed by atoms with E-state index in [1.165, 1.54) is 12.1 Å². The highest BCUT2D eigenvalue weighted by Gasteiger charge is 2.26. The number of alkyl halides is 1. The summed E-state index contributed by atoms with van der Waals surface area (Å²) < 4.78 is 40.6. The molecule has 3 rings (SSSR count). The first-order chi connectivity index (χ1) is 12.0. The van der Waals surface area contributed by atoms with Crippen LogP contribution >= 0.6 is 12.4 Å². The molecule has 2 aliphatic rings. The second-order valence-corrected chi connectivity index (χ2v) is 8.44. The van der Waals surface area contributed by atoms with E-state index in [0.717, 1.165) is 19.3 Å². The van der Waals surface area contributed by atoms with E-state index >= 15 is 0 Å². The molecule has 2 N–H and O–H groups in total. The van der Waals surface area contributed by atoms with Gasteiger partial charge in [0.2, 0.25) is 10.0 Å². The maximum absolute atomic E-state index is 13.2. The average molecular weight is 406 g/mol. The Hall–Kier alpha value is -1.22. The van der Waals surface area contributed by atoms with Gasteiger partial charge in [-0.3, -0.25) is 4.79 Å². The van der Waals surface area contributed by atoms with Crippen molar-refractivity contribution in [2.24, 2.45) is 0 Å². The molecule has 2 saturated heterocycles. The van der Waals surface area contributed by atoms with Gasteiger partial charge in [0.05, 0.1) is 4.90 Å². The fourth-order valence-corrected chi connectivity index (χ4v) is 4.42. The minimum absolute atomic E-state index is 0. The molecular weight excluding hydrogens is 381 g/mol. The van der Waals surface area contributed by atoms with Crippen molar-refractivity contribution in [3.8, 4) is 0 Å². The Kier molecular flexibility index (Phi) is 7.40.